The number of carbonyl (C=O) groups is 2. The smallest absolute Gasteiger partial charge is 0.257 e. The third kappa shape index (κ3) is 3.55. The number of likely N-dealkylation sites (tertiary alicyclic amines) is 1. The highest BCUT2D eigenvalue weighted by Gasteiger charge is 2.35. The molecule has 1 atom stereocenters. The van der Waals surface area contributed by atoms with Crippen LogP contribution in [0, 0.1) is 19.7 Å². The summed E-state index contributed by atoms with van der Waals surface area (Å²) in [5.41, 5.74) is 2.83. The quantitative estimate of drug-likeness (QED) is 0.926. The standard InChI is InChI=1S/C20H21FN2O2/c1-13-9-10-17(14(2)12-13)22-19(24)18-8-5-11-23(18)20(25)15-6-3-4-7-16(15)21/h3-4,6-7,9-10,12,18H,5,8,11H2,1-2H3,(H,22,24)/t18-/m1/s1. The summed E-state index contributed by atoms with van der Waals surface area (Å²) in [5.74, 6) is -1.22. The topological polar surface area (TPSA) is 49.4 Å². The van der Waals surface area contributed by atoms with Gasteiger partial charge in [-0.3, -0.25) is 9.59 Å². The molecule has 1 aliphatic heterocycles. The summed E-state index contributed by atoms with van der Waals surface area (Å²) < 4.78 is 13.9. The number of carbonyl (C=O) groups excluding carboxylic acids is 2. The zero-order valence-corrected chi connectivity index (χ0v) is 14.4. The lowest BCUT2D eigenvalue weighted by Crippen LogP contribution is -2.43. The molecule has 0 aromatic heterocycles. The van der Waals surface area contributed by atoms with Crippen LogP contribution in [0.4, 0.5) is 10.1 Å². The molecule has 5 heteroatoms. The lowest BCUT2D eigenvalue weighted by atomic mass is 10.1. The largest absolute Gasteiger partial charge is 0.327 e. The zero-order chi connectivity index (χ0) is 18.0. The van der Waals surface area contributed by atoms with Crippen molar-refractivity contribution in [2.45, 2.75) is 32.7 Å². The van der Waals surface area contributed by atoms with Gasteiger partial charge in [-0.05, 0) is 50.5 Å². The molecule has 0 radical (unpaired) electrons. The normalized spacial score (nSPS) is 16.8. The number of nitrogens with zero attached hydrogens (tertiary/aromatic N) is 1. The van der Waals surface area contributed by atoms with Crippen LogP contribution in [0.15, 0.2) is 42.5 Å². The van der Waals surface area contributed by atoms with Crippen LogP contribution in [0.5, 0.6) is 0 Å². The second kappa shape index (κ2) is 7.05. The molecule has 3 rings (SSSR count). The van der Waals surface area contributed by atoms with E-state index < -0.39 is 17.8 Å². The van der Waals surface area contributed by atoms with E-state index in [0.717, 1.165) is 23.2 Å². The van der Waals surface area contributed by atoms with Crippen molar-refractivity contribution in [3.63, 3.8) is 0 Å². The second-order valence-corrected chi connectivity index (χ2v) is 6.44. The van der Waals surface area contributed by atoms with Gasteiger partial charge in [-0.1, -0.05) is 29.8 Å². The molecule has 0 unspecified atom stereocenters. The first kappa shape index (κ1) is 17.1. The number of anilines is 1. The summed E-state index contributed by atoms with van der Waals surface area (Å²) in [6.45, 7) is 4.38. The molecule has 1 saturated heterocycles. The van der Waals surface area contributed by atoms with Gasteiger partial charge in [-0.15, -0.1) is 0 Å². The number of halogens is 1. The van der Waals surface area contributed by atoms with Gasteiger partial charge < -0.3 is 10.2 Å². The minimum absolute atomic E-state index is 0.00807. The molecule has 2 aromatic rings. The maximum Gasteiger partial charge on any atom is 0.257 e. The molecule has 0 spiro atoms. The molecule has 2 amide bonds. The molecule has 1 fully saturated rings. The van der Waals surface area contributed by atoms with E-state index >= 15 is 0 Å². The van der Waals surface area contributed by atoms with Gasteiger partial charge in [0.25, 0.3) is 5.91 Å². The number of nitrogens with one attached hydrogen (secondary N) is 1. The second-order valence-electron chi connectivity index (χ2n) is 6.44. The van der Waals surface area contributed by atoms with Crippen molar-refractivity contribution in [1.29, 1.82) is 0 Å². The Bertz CT molecular complexity index is 819. The fourth-order valence-corrected chi connectivity index (χ4v) is 3.24. The number of amides is 2. The van der Waals surface area contributed by atoms with Crippen molar-refractivity contribution >= 4 is 17.5 Å². The van der Waals surface area contributed by atoms with Gasteiger partial charge >= 0.3 is 0 Å². The van der Waals surface area contributed by atoms with Gasteiger partial charge in [0.15, 0.2) is 0 Å². The third-order valence-corrected chi connectivity index (χ3v) is 4.56. The van der Waals surface area contributed by atoms with Gasteiger partial charge in [0.2, 0.25) is 5.91 Å². The van der Waals surface area contributed by atoms with Crippen LogP contribution in [-0.2, 0) is 4.79 Å². The Morgan fingerprint density at radius 1 is 1.16 bits per heavy atom. The van der Waals surface area contributed by atoms with E-state index in [0.29, 0.717) is 13.0 Å². The summed E-state index contributed by atoms with van der Waals surface area (Å²) in [6, 6.07) is 11.1. The maximum atomic E-state index is 13.9. The van der Waals surface area contributed by atoms with Crippen molar-refractivity contribution in [3.8, 4) is 0 Å². The minimum Gasteiger partial charge on any atom is -0.327 e. The van der Waals surface area contributed by atoms with Crippen LogP contribution >= 0.6 is 0 Å². The number of aryl methyl sites for hydroxylation is 2. The Labute approximate surface area is 146 Å². The lowest BCUT2D eigenvalue weighted by molar-refractivity contribution is -0.119. The van der Waals surface area contributed by atoms with Gasteiger partial charge in [0.1, 0.15) is 11.9 Å². The van der Waals surface area contributed by atoms with Crippen molar-refractivity contribution in [3.05, 3.63) is 65.0 Å². The average molecular weight is 340 g/mol. The van der Waals surface area contributed by atoms with E-state index in [1.807, 2.05) is 32.0 Å². The van der Waals surface area contributed by atoms with E-state index in [9.17, 15) is 14.0 Å². The number of rotatable bonds is 3. The number of hydrogen-bond donors (Lipinski definition) is 1. The molecule has 0 aliphatic carbocycles. The number of benzene rings is 2. The molecule has 2 aromatic carbocycles. The number of hydrogen-bond acceptors (Lipinski definition) is 2. The molecule has 0 saturated carbocycles. The van der Waals surface area contributed by atoms with E-state index in [1.165, 1.54) is 17.0 Å². The maximum absolute atomic E-state index is 13.9. The predicted octanol–water partition coefficient (Wildman–Crippen LogP) is 3.69. The van der Waals surface area contributed by atoms with E-state index in [4.69, 9.17) is 0 Å². The monoisotopic (exact) mass is 340 g/mol. The summed E-state index contributed by atoms with van der Waals surface area (Å²) in [6.07, 6.45) is 1.31. The van der Waals surface area contributed by atoms with Crippen molar-refractivity contribution in [2.24, 2.45) is 0 Å². The fraction of sp³-hybridized carbons (Fsp3) is 0.300. The van der Waals surface area contributed by atoms with Crippen LogP contribution in [0.1, 0.15) is 34.3 Å². The van der Waals surface area contributed by atoms with Crippen LogP contribution < -0.4 is 5.32 Å². The van der Waals surface area contributed by atoms with E-state index in [1.54, 1.807) is 12.1 Å². The summed E-state index contributed by atoms with van der Waals surface area (Å²) in [7, 11) is 0. The van der Waals surface area contributed by atoms with Gasteiger partial charge in [0.05, 0.1) is 5.56 Å². The first-order valence-electron chi connectivity index (χ1n) is 8.41. The molecule has 1 heterocycles. The molecule has 0 bridgehead atoms. The molecule has 1 aliphatic rings. The van der Waals surface area contributed by atoms with E-state index in [-0.39, 0.29) is 11.5 Å². The first-order valence-corrected chi connectivity index (χ1v) is 8.41. The summed E-state index contributed by atoms with van der Waals surface area (Å²) >= 11 is 0. The summed E-state index contributed by atoms with van der Waals surface area (Å²) in [5, 5.41) is 2.90. The average Bonchev–Trinajstić information content (AvgIpc) is 3.07. The van der Waals surface area contributed by atoms with Gasteiger partial charge in [0, 0.05) is 12.2 Å². The highest BCUT2D eigenvalue weighted by atomic mass is 19.1. The Morgan fingerprint density at radius 3 is 2.64 bits per heavy atom. The van der Waals surface area contributed by atoms with Crippen LogP contribution in [0.2, 0.25) is 0 Å². The van der Waals surface area contributed by atoms with Crippen LogP contribution in [-0.4, -0.2) is 29.3 Å². The Kier molecular flexibility index (Phi) is 4.83. The molecule has 1 N–H and O–H groups in total. The minimum atomic E-state index is -0.576. The van der Waals surface area contributed by atoms with Crippen molar-refractivity contribution < 1.29 is 14.0 Å². The Hall–Kier alpha value is -2.69. The van der Waals surface area contributed by atoms with Crippen LogP contribution in [0.3, 0.4) is 0 Å². The summed E-state index contributed by atoms with van der Waals surface area (Å²) in [4.78, 5) is 26.8. The van der Waals surface area contributed by atoms with E-state index in [2.05, 4.69) is 5.32 Å². The highest BCUT2D eigenvalue weighted by molar-refractivity contribution is 6.01. The fourth-order valence-electron chi connectivity index (χ4n) is 3.24. The molecule has 130 valence electrons. The molecule has 4 nitrogen and oxygen atoms in total. The lowest BCUT2D eigenvalue weighted by Gasteiger charge is -2.24. The Balaban J connectivity index is 1.78. The molecular formula is C20H21FN2O2. The molecule has 25 heavy (non-hydrogen) atoms. The molecular weight excluding hydrogens is 319 g/mol. The van der Waals surface area contributed by atoms with Gasteiger partial charge in [-0.2, -0.15) is 0 Å². The Morgan fingerprint density at radius 2 is 1.92 bits per heavy atom. The highest BCUT2D eigenvalue weighted by Crippen LogP contribution is 2.24. The van der Waals surface area contributed by atoms with Crippen molar-refractivity contribution in [1.82, 2.24) is 4.90 Å². The predicted molar refractivity (Wildman–Crippen MR) is 95.0 cm³/mol. The SMILES string of the molecule is Cc1ccc(NC(=O)[C@H]2CCCN2C(=O)c2ccccc2F)c(C)c1. The zero-order valence-electron chi connectivity index (χ0n) is 14.4. The van der Waals surface area contributed by atoms with Crippen LogP contribution in [0.25, 0.3) is 0 Å². The first-order chi connectivity index (χ1) is 12.0. The third-order valence-electron chi connectivity index (χ3n) is 4.56. The van der Waals surface area contributed by atoms with Gasteiger partial charge in [-0.25, -0.2) is 4.39 Å². The van der Waals surface area contributed by atoms with Crippen molar-refractivity contribution in [2.75, 3.05) is 11.9 Å².